The quantitative estimate of drug-likeness (QED) is 0.785. The van der Waals surface area contributed by atoms with Crippen molar-refractivity contribution in [1.29, 1.82) is 0 Å². The van der Waals surface area contributed by atoms with Crippen LogP contribution in [0.25, 0.3) is 0 Å². The van der Waals surface area contributed by atoms with Gasteiger partial charge in [-0.2, -0.15) is 0 Å². The van der Waals surface area contributed by atoms with Crippen molar-refractivity contribution in [1.82, 2.24) is 5.32 Å². The Balaban J connectivity index is 1.87. The molecule has 2 rings (SSSR count). The van der Waals surface area contributed by atoms with Crippen molar-refractivity contribution in [3.8, 4) is 11.5 Å². The maximum absolute atomic E-state index is 9.98. The van der Waals surface area contributed by atoms with E-state index in [9.17, 15) is 5.11 Å². The zero-order chi connectivity index (χ0) is 15.9. The van der Waals surface area contributed by atoms with E-state index in [1.54, 1.807) is 32.6 Å². The minimum absolute atomic E-state index is 0.211. The summed E-state index contributed by atoms with van der Waals surface area (Å²) in [5.74, 6) is 2.02. The summed E-state index contributed by atoms with van der Waals surface area (Å²) in [6.45, 7) is 2.52. The summed E-state index contributed by atoms with van der Waals surface area (Å²) in [6.07, 6.45) is 1.75. The minimum atomic E-state index is -0.636. The summed E-state index contributed by atoms with van der Waals surface area (Å²) >= 11 is 0. The summed E-state index contributed by atoms with van der Waals surface area (Å²) in [6, 6.07) is 9.64. The van der Waals surface area contributed by atoms with Gasteiger partial charge in [-0.15, -0.1) is 0 Å². The first-order chi connectivity index (χ1) is 10.6. The monoisotopic (exact) mass is 305 g/mol. The van der Waals surface area contributed by atoms with Gasteiger partial charge in [0.15, 0.2) is 11.5 Å². The average Bonchev–Trinajstić information content (AvgIpc) is 3.07. The minimum Gasteiger partial charge on any atom is -0.493 e. The van der Waals surface area contributed by atoms with Crippen molar-refractivity contribution < 1.29 is 19.0 Å². The van der Waals surface area contributed by atoms with E-state index in [1.807, 2.05) is 18.2 Å². The van der Waals surface area contributed by atoms with E-state index >= 15 is 0 Å². The number of methoxy groups -OCH3 is 2. The summed E-state index contributed by atoms with van der Waals surface area (Å²) < 4.78 is 15.7. The smallest absolute Gasteiger partial charge is 0.160 e. The van der Waals surface area contributed by atoms with Crippen LogP contribution in [0, 0.1) is 0 Å². The number of benzene rings is 1. The summed E-state index contributed by atoms with van der Waals surface area (Å²) in [5.41, 5.74) is 1.14. The molecular formula is C17H23NO4. The molecule has 5 nitrogen and oxygen atoms in total. The van der Waals surface area contributed by atoms with Crippen molar-refractivity contribution in [2.45, 2.75) is 25.5 Å². The Labute approximate surface area is 130 Å². The van der Waals surface area contributed by atoms with Crippen LogP contribution in [0.4, 0.5) is 0 Å². The van der Waals surface area contributed by atoms with Crippen molar-refractivity contribution in [3.05, 3.63) is 47.9 Å². The lowest BCUT2D eigenvalue weighted by Gasteiger charge is -2.17. The summed E-state index contributed by atoms with van der Waals surface area (Å²) in [7, 11) is 3.25. The first-order valence-corrected chi connectivity index (χ1v) is 7.29. The van der Waals surface area contributed by atoms with Gasteiger partial charge >= 0.3 is 0 Å². The number of ether oxygens (including phenoxy) is 2. The Morgan fingerprint density at radius 1 is 1.18 bits per heavy atom. The molecular weight excluding hydrogens is 282 g/mol. The van der Waals surface area contributed by atoms with Crippen LogP contribution in [-0.2, 0) is 6.42 Å². The van der Waals surface area contributed by atoms with Crippen LogP contribution in [0.2, 0.25) is 0 Å². The van der Waals surface area contributed by atoms with Gasteiger partial charge < -0.3 is 24.3 Å². The second kappa shape index (κ2) is 7.87. The molecule has 0 saturated carbocycles. The fourth-order valence-corrected chi connectivity index (χ4v) is 2.33. The van der Waals surface area contributed by atoms with E-state index in [-0.39, 0.29) is 6.04 Å². The average molecular weight is 305 g/mol. The molecule has 0 aliphatic carbocycles. The highest BCUT2D eigenvalue weighted by Crippen LogP contribution is 2.28. The van der Waals surface area contributed by atoms with E-state index in [2.05, 4.69) is 12.2 Å². The zero-order valence-corrected chi connectivity index (χ0v) is 13.2. The lowest BCUT2D eigenvalue weighted by molar-refractivity contribution is 0.144. The first-order valence-electron chi connectivity index (χ1n) is 7.29. The van der Waals surface area contributed by atoms with E-state index in [0.717, 1.165) is 23.5 Å². The SMILES string of the molecule is COc1ccc(CC(C)NCC(O)c2ccco2)cc1OC. The van der Waals surface area contributed by atoms with Gasteiger partial charge in [-0.25, -0.2) is 0 Å². The van der Waals surface area contributed by atoms with Crippen LogP contribution in [0.3, 0.4) is 0 Å². The molecule has 22 heavy (non-hydrogen) atoms. The predicted octanol–water partition coefficient (Wildman–Crippen LogP) is 2.55. The first kappa shape index (κ1) is 16.4. The Kier molecular flexibility index (Phi) is 5.86. The van der Waals surface area contributed by atoms with Crippen LogP contribution in [0.15, 0.2) is 41.0 Å². The summed E-state index contributed by atoms with van der Waals surface area (Å²) in [5, 5.41) is 13.3. The van der Waals surface area contributed by atoms with Crippen molar-refractivity contribution in [3.63, 3.8) is 0 Å². The lowest BCUT2D eigenvalue weighted by atomic mass is 10.1. The Bertz CT molecular complexity index is 568. The van der Waals surface area contributed by atoms with E-state index < -0.39 is 6.10 Å². The number of furan rings is 1. The van der Waals surface area contributed by atoms with Crippen molar-refractivity contribution >= 4 is 0 Å². The van der Waals surface area contributed by atoms with Crippen LogP contribution < -0.4 is 14.8 Å². The second-order valence-corrected chi connectivity index (χ2v) is 5.23. The number of aliphatic hydroxyl groups is 1. The molecule has 0 bridgehead atoms. The van der Waals surface area contributed by atoms with Gasteiger partial charge in [0.25, 0.3) is 0 Å². The highest BCUT2D eigenvalue weighted by Gasteiger charge is 2.13. The molecule has 2 unspecified atom stereocenters. The van der Waals surface area contributed by atoms with Gasteiger partial charge in [-0.05, 0) is 43.2 Å². The molecule has 0 aliphatic heterocycles. The second-order valence-electron chi connectivity index (χ2n) is 5.23. The Morgan fingerprint density at radius 3 is 2.59 bits per heavy atom. The molecule has 120 valence electrons. The molecule has 2 aromatic rings. The van der Waals surface area contributed by atoms with Crippen molar-refractivity contribution in [2.75, 3.05) is 20.8 Å². The molecule has 1 heterocycles. The molecule has 0 saturated heterocycles. The standard InChI is InChI=1S/C17H23NO4/c1-12(18-11-14(19)15-5-4-8-22-15)9-13-6-7-16(20-2)17(10-13)21-3/h4-8,10,12,14,18-19H,9,11H2,1-3H3. The van der Waals surface area contributed by atoms with Gasteiger partial charge in [-0.3, -0.25) is 0 Å². The maximum atomic E-state index is 9.98. The largest absolute Gasteiger partial charge is 0.493 e. The molecule has 1 aromatic heterocycles. The van der Waals surface area contributed by atoms with Crippen LogP contribution >= 0.6 is 0 Å². The molecule has 0 amide bonds. The third-order valence-corrected chi connectivity index (χ3v) is 3.52. The van der Waals surface area contributed by atoms with Gasteiger partial charge in [0.2, 0.25) is 0 Å². The molecule has 1 aromatic carbocycles. The number of aliphatic hydroxyl groups excluding tert-OH is 1. The van der Waals surface area contributed by atoms with Gasteiger partial charge in [-0.1, -0.05) is 6.07 Å². The number of hydrogen-bond acceptors (Lipinski definition) is 5. The van der Waals surface area contributed by atoms with Gasteiger partial charge in [0.05, 0.1) is 20.5 Å². The maximum Gasteiger partial charge on any atom is 0.160 e. The fourth-order valence-electron chi connectivity index (χ4n) is 2.33. The zero-order valence-electron chi connectivity index (χ0n) is 13.2. The molecule has 0 fully saturated rings. The van der Waals surface area contributed by atoms with Crippen LogP contribution in [0.1, 0.15) is 24.4 Å². The normalized spacial score (nSPS) is 13.6. The summed E-state index contributed by atoms with van der Waals surface area (Å²) in [4.78, 5) is 0. The highest BCUT2D eigenvalue weighted by molar-refractivity contribution is 5.43. The fraction of sp³-hybridized carbons (Fsp3) is 0.412. The topological polar surface area (TPSA) is 63.9 Å². The third kappa shape index (κ3) is 4.26. The lowest BCUT2D eigenvalue weighted by Crippen LogP contribution is -2.31. The van der Waals surface area contributed by atoms with Crippen LogP contribution in [-0.4, -0.2) is 31.9 Å². The Morgan fingerprint density at radius 2 is 1.95 bits per heavy atom. The molecule has 2 N–H and O–H groups in total. The van der Waals surface area contributed by atoms with E-state index in [1.165, 1.54) is 0 Å². The van der Waals surface area contributed by atoms with Gasteiger partial charge in [0.1, 0.15) is 11.9 Å². The highest BCUT2D eigenvalue weighted by atomic mass is 16.5. The van der Waals surface area contributed by atoms with Gasteiger partial charge in [0, 0.05) is 12.6 Å². The molecule has 2 atom stereocenters. The van der Waals surface area contributed by atoms with E-state index in [4.69, 9.17) is 13.9 Å². The molecule has 5 heteroatoms. The third-order valence-electron chi connectivity index (χ3n) is 3.52. The predicted molar refractivity (Wildman–Crippen MR) is 84.4 cm³/mol. The number of nitrogens with one attached hydrogen (secondary N) is 1. The van der Waals surface area contributed by atoms with Crippen molar-refractivity contribution in [2.24, 2.45) is 0 Å². The molecule has 0 radical (unpaired) electrons. The molecule has 0 spiro atoms. The van der Waals surface area contributed by atoms with E-state index in [0.29, 0.717) is 12.3 Å². The number of hydrogen-bond donors (Lipinski definition) is 2. The molecule has 0 aliphatic rings. The van der Waals surface area contributed by atoms with Crippen LogP contribution in [0.5, 0.6) is 11.5 Å². The Hall–Kier alpha value is -1.98. The number of rotatable bonds is 8.